The topological polar surface area (TPSA) is 40.9 Å². The van der Waals surface area contributed by atoms with E-state index in [1.165, 1.54) is 0 Å². The van der Waals surface area contributed by atoms with Gasteiger partial charge in [0.1, 0.15) is 5.76 Å². The molecule has 1 aromatic heterocycles. The summed E-state index contributed by atoms with van der Waals surface area (Å²) >= 11 is 5.70. The second-order valence-electron chi connectivity index (χ2n) is 6.56. The summed E-state index contributed by atoms with van der Waals surface area (Å²) in [4.78, 5) is 4.68. The molecule has 0 radical (unpaired) electrons. The van der Waals surface area contributed by atoms with Crippen LogP contribution in [0.3, 0.4) is 0 Å². The Bertz CT molecular complexity index is 480. The third-order valence-corrected chi connectivity index (χ3v) is 5.18. The normalized spacial score (nSPS) is 23.1. The van der Waals surface area contributed by atoms with Gasteiger partial charge in [0.25, 0.3) is 0 Å². The highest BCUT2D eigenvalue weighted by molar-refractivity contribution is 7.80. The van der Waals surface area contributed by atoms with Crippen LogP contribution in [-0.2, 0) is 11.3 Å². The van der Waals surface area contributed by atoms with Gasteiger partial charge in [-0.1, -0.05) is 0 Å². The number of piperidine rings is 1. The second-order valence-corrected chi connectivity index (χ2v) is 6.95. The Kier molecular flexibility index (Phi) is 5.91. The third kappa shape index (κ3) is 4.68. The van der Waals surface area contributed by atoms with Gasteiger partial charge in [-0.3, -0.25) is 0 Å². The number of nitrogens with zero attached hydrogens (tertiary/aromatic N) is 2. The van der Waals surface area contributed by atoms with E-state index >= 15 is 0 Å². The van der Waals surface area contributed by atoms with Crippen molar-refractivity contribution in [2.75, 3.05) is 33.3 Å². The van der Waals surface area contributed by atoms with Crippen LogP contribution < -0.4 is 5.32 Å². The van der Waals surface area contributed by atoms with E-state index in [9.17, 15) is 0 Å². The van der Waals surface area contributed by atoms with E-state index in [1.807, 2.05) is 12.1 Å². The van der Waals surface area contributed by atoms with E-state index in [0.29, 0.717) is 12.1 Å². The minimum atomic E-state index is 0.302. The maximum absolute atomic E-state index is 5.70. The molecule has 1 aromatic rings. The molecule has 5 nitrogen and oxygen atoms in total. The summed E-state index contributed by atoms with van der Waals surface area (Å²) < 4.78 is 11.2. The molecule has 1 unspecified atom stereocenters. The highest BCUT2D eigenvalue weighted by Crippen LogP contribution is 2.19. The van der Waals surface area contributed by atoms with Gasteiger partial charge in [0.15, 0.2) is 5.11 Å². The molecule has 128 valence electrons. The first kappa shape index (κ1) is 16.7. The Balaban J connectivity index is 1.59. The lowest BCUT2D eigenvalue weighted by molar-refractivity contribution is 0.112. The summed E-state index contributed by atoms with van der Waals surface area (Å²) in [6, 6.07) is 4.43. The number of thiocarbonyl (C=S) groups is 1. The van der Waals surface area contributed by atoms with Gasteiger partial charge in [-0.25, -0.2) is 0 Å². The van der Waals surface area contributed by atoms with Crippen LogP contribution in [0.1, 0.15) is 31.4 Å². The van der Waals surface area contributed by atoms with Crippen LogP contribution in [0.4, 0.5) is 0 Å². The van der Waals surface area contributed by atoms with Crippen LogP contribution >= 0.6 is 12.2 Å². The van der Waals surface area contributed by atoms with Gasteiger partial charge >= 0.3 is 0 Å². The molecule has 2 saturated heterocycles. The Hall–Kier alpha value is -1.11. The summed E-state index contributed by atoms with van der Waals surface area (Å²) in [6.45, 7) is 4.66. The zero-order valence-electron chi connectivity index (χ0n) is 13.9. The average molecular weight is 337 g/mol. The SMILES string of the molecule is CN1CCC(N(Cc2ccco2)C(=S)NCC2CCCO2)CC1. The molecule has 2 fully saturated rings. The lowest BCUT2D eigenvalue weighted by Gasteiger charge is -2.38. The van der Waals surface area contributed by atoms with E-state index in [1.54, 1.807) is 6.26 Å². The summed E-state index contributed by atoms with van der Waals surface area (Å²) in [6.07, 6.45) is 6.59. The Morgan fingerprint density at radius 1 is 1.39 bits per heavy atom. The minimum absolute atomic E-state index is 0.302. The summed E-state index contributed by atoms with van der Waals surface area (Å²) in [5.74, 6) is 0.963. The maximum Gasteiger partial charge on any atom is 0.169 e. The van der Waals surface area contributed by atoms with Crippen LogP contribution in [0.5, 0.6) is 0 Å². The van der Waals surface area contributed by atoms with E-state index < -0.39 is 0 Å². The van der Waals surface area contributed by atoms with Gasteiger partial charge in [0, 0.05) is 19.2 Å². The number of ether oxygens (including phenoxy) is 1. The first-order valence-corrected chi connectivity index (χ1v) is 9.00. The third-order valence-electron chi connectivity index (χ3n) is 4.80. The van der Waals surface area contributed by atoms with Crippen LogP contribution in [0.2, 0.25) is 0 Å². The number of hydrogen-bond donors (Lipinski definition) is 1. The Morgan fingerprint density at radius 3 is 2.87 bits per heavy atom. The molecule has 0 bridgehead atoms. The first-order chi connectivity index (χ1) is 11.2. The molecular weight excluding hydrogens is 310 g/mol. The average Bonchev–Trinajstić information content (AvgIpc) is 3.25. The van der Waals surface area contributed by atoms with Crippen molar-refractivity contribution in [3.05, 3.63) is 24.2 Å². The van der Waals surface area contributed by atoms with E-state index in [2.05, 4.69) is 22.2 Å². The predicted octanol–water partition coefficient (Wildman–Crippen LogP) is 2.23. The van der Waals surface area contributed by atoms with Crippen molar-refractivity contribution in [1.29, 1.82) is 0 Å². The molecule has 0 aliphatic carbocycles. The highest BCUT2D eigenvalue weighted by atomic mass is 32.1. The molecule has 2 aliphatic rings. The van der Waals surface area contributed by atoms with Crippen molar-refractivity contribution < 1.29 is 9.15 Å². The smallest absolute Gasteiger partial charge is 0.169 e. The van der Waals surface area contributed by atoms with Crippen molar-refractivity contribution >= 4 is 17.3 Å². The lowest BCUT2D eigenvalue weighted by Crippen LogP contribution is -2.50. The molecule has 1 N–H and O–H groups in total. The van der Waals surface area contributed by atoms with Crippen molar-refractivity contribution in [1.82, 2.24) is 15.1 Å². The van der Waals surface area contributed by atoms with Crippen LogP contribution in [0.25, 0.3) is 0 Å². The second kappa shape index (κ2) is 8.13. The molecular formula is C17H27N3O2S. The molecule has 0 spiro atoms. The van der Waals surface area contributed by atoms with E-state index in [4.69, 9.17) is 21.4 Å². The molecule has 6 heteroatoms. The molecule has 0 saturated carbocycles. The maximum atomic E-state index is 5.70. The molecule has 2 aliphatic heterocycles. The van der Waals surface area contributed by atoms with Crippen LogP contribution in [-0.4, -0.2) is 60.3 Å². The summed E-state index contributed by atoms with van der Waals surface area (Å²) in [5.41, 5.74) is 0. The predicted molar refractivity (Wildman–Crippen MR) is 94.3 cm³/mol. The van der Waals surface area contributed by atoms with E-state index in [0.717, 1.165) is 69.3 Å². The number of nitrogens with one attached hydrogen (secondary N) is 1. The fourth-order valence-corrected chi connectivity index (χ4v) is 3.65. The van der Waals surface area contributed by atoms with Gasteiger partial charge < -0.3 is 24.3 Å². The lowest BCUT2D eigenvalue weighted by atomic mass is 10.0. The zero-order chi connectivity index (χ0) is 16.1. The Morgan fingerprint density at radius 2 is 2.22 bits per heavy atom. The van der Waals surface area contributed by atoms with Crippen LogP contribution in [0.15, 0.2) is 22.8 Å². The van der Waals surface area contributed by atoms with Crippen molar-refractivity contribution in [3.8, 4) is 0 Å². The van der Waals surface area contributed by atoms with E-state index in [-0.39, 0.29) is 0 Å². The van der Waals surface area contributed by atoms with Gasteiger partial charge in [-0.2, -0.15) is 0 Å². The number of hydrogen-bond acceptors (Lipinski definition) is 4. The molecule has 23 heavy (non-hydrogen) atoms. The van der Waals surface area contributed by atoms with Gasteiger partial charge in [-0.15, -0.1) is 0 Å². The Labute approximate surface area is 144 Å². The molecule has 1 atom stereocenters. The van der Waals surface area contributed by atoms with Gasteiger partial charge in [0.2, 0.25) is 0 Å². The van der Waals surface area contributed by atoms with Gasteiger partial charge in [0.05, 0.1) is 18.9 Å². The van der Waals surface area contributed by atoms with Crippen LogP contribution in [0, 0.1) is 0 Å². The van der Waals surface area contributed by atoms with Gasteiger partial charge in [-0.05, 0) is 70.2 Å². The van der Waals surface area contributed by atoms with Crippen molar-refractivity contribution in [2.45, 2.75) is 44.4 Å². The van der Waals surface area contributed by atoms with Crippen molar-refractivity contribution in [3.63, 3.8) is 0 Å². The first-order valence-electron chi connectivity index (χ1n) is 8.59. The quantitative estimate of drug-likeness (QED) is 0.831. The molecule has 3 heterocycles. The fourth-order valence-electron chi connectivity index (χ4n) is 3.35. The fraction of sp³-hybridized carbons (Fsp3) is 0.706. The molecule has 0 aromatic carbocycles. The number of furan rings is 1. The molecule has 0 amide bonds. The number of rotatable bonds is 5. The highest BCUT2D eigenvalue weighted by Gasteiger charge is 2.26. The number of likely N-dealkylation sites (tertiary alicyclic amines) is 1. The molecule has 3 rings (SSSR count). The summed E-state index contributed by atoms with van der Waals surface area (Å²) in [5, 5.41) is 4.25. The minimum Gasteiger partial charge on any atom is -0.467 e. The summed E-state index contributed by atoms with van der Waals surface area (Å²) in [7, 11) is 2.18. The largest absolute Gasteiger partial charge is 0.467 e. The monoisotopic (exact) mass is 337 g/mol. The zero-order valence-corrected chi connectivity index (χ0v) is 14.7. The standard InChI is InChI=1S/C17H27N3O2S/c1-19-8-6-14(7-9-19)20(13-16-5-3-11-22-16)17(23)18-12-15-4-2-10-21-15/h3,5,11,14-15H,2,4,6-10,12-13H2,1H3,(H,18,23). The van der Waals surface area contributed by atoms with Crippen molar-refractivity contribution in [2.24, 2.45) is 0 Å².